The molecule has 8 nitrogen and oxygen atoms in total. The summed E-state index contributed by atoms with van der Waals surface area (Å²) in [6.07, 6.45) is 4.03. The number of esters is 1. The Morgan fingerprint density at radius 2 is 2.00 bits per heavy atom. The fraction of sp³-hybridized carbons (Fsp3) is 0.552. The van der Waals surface area contributed by atoms with E-state index in [1.54, 1.807) is 17.1 Å². The molecule has 1 N–H and O–H groups in total. The molecular formula is C29H37BrN2O6. The van der Waals surface area contributed by atoms with Crippen molar-refractivity contribution in [2.24, 2.45) is 11.8 Å². The number of nitrogens with zero attached hydrogens (tertiary/aromatic N) is 2. The predicted molar refractivity (Wildman–Crippen MR) is 148 cm³/mol. The Balaban J connectivity index is 1.83. The van der Waals surface area contributed by atoms with Gasteiger partial charge in [0.1, 0.15) is 11.6 Å². The average molecular weight is 590 g/mol. The summed E-state index contributed by atoms with van der Waals surface area (Å²) in [6.45, 7) is 13.3. The van der Waals surface area contributed by atoms with Crippen LogP contribution in [0.3, 0.4) is 0 Å². The van der Waals surface area contributed by atoms with Crippen molar-refractivity contribution in [3.8, 4) is 0 Å². The van der Waals surface area contributed by atoms with Crippen molar-refractivity contribution in [3.63, 3.8) is 0 Å². The number of anilines is 1. The molecule has 3 aliphatic rings. The number of amides is 2. The van der Waals surface area contributed by atoms with Crippen LogP contribution in [0.25, 0.3) is 0 Å². The second-order valence-corrected chi connectivity index (χ2v) is 11.6. The predicted octanol–water partition coefficient (Wildman–Crippen LogP) is 3.46. The number of para-hydroxylation sites is 1. The minimum absolute atomic E-state index is 0.159. The van der Waals surface area contributed by atoms with Crippen molar-refractivity contribution < 1.29 is 29.0 Å². The average Bonchev–Trinajstić information content (AvgIpc) is 3.47. The lowest BCUT2D eigenvalue weighted by Gasteiger charge is -2.39. The molecule has 0 radical (unpaired) electrons. The smallest absolute Gasteiger partial charge is 0.312 e. The monoisotopic (exact) mass is 588 g/mol. The number of halogens is 1. The van der Waals surface area contributed by atoms with E-state index in [4.69, 9.17) is 9.47 Å². The number of rotatable bonds is 11. The molecule has 2 amide bonds. The number of hydrogen-bond donors (Lipinski definition) is 1. The van der Waals surface area contributed by atoms with Gasteiger partial charge in [0.25, 0.3) is 5.91 Å². The maximum Gasteiger partial charge on any atom is 0.312 e. The molecule has 0 aromatic heterocycles. The van der Waals surface area contributed by atoms with Gasteiger partial charge in [-0.2, -0.15) is 0 Å². The van der Waals surface area contributed by atoms with Gasteiger partial charge < -0.3 is 24.4 Å². The van der Waals surface area contributed by atoms with Gasteiger partial charge in [0, 0.05) is 17.1 Å². The maximum absolute atomic E-state index is 14.6. The summed E-state index contributed by atoms with van der Waals surface area (Å²) in [5, 5.41) is 10.3. The zero-order chi connectivity index (χ0) is 27.8. The summed E-state index contributed by atoms with van der Waals surface area (Å²) in [5.74, 6) is -2.91. The molecule has 9 heteroatoms. The van der Waals surface area contributed by atoms with Crippen LogP contribution in [0.1, 0.15) is 37.3 Å². The lowest BCUT2D eigenvalue weighted by atomic mass is 9.70. The van der Waals surface area contributed by atoms with Gasteiger partial charge in [-0.3, -0.25) is 14.4 Å². The first-order valence-corrected chi connectivity index (χ1v) is 14.1. The molecule has 1 spiro atoms. The Bertz CT molecular complexity index is 1100. The molecule has 1 aromatic rings. The van der Waals surface area contributed by atoms with Gasteiger partial charge in [0.15, 0.2) is 0 Å². The first-order chi connectivity index (χ1) is 18.2. The molecule has 4 rings (SSSR count). The molecular weight excluding hydrogens is 552 g/mol. The van der Waals surface area contributed by atoms with Gasteiger partial charge in [0.2, 0.25) is 5.91 Å². The largest absolute Gasteiger partial charge is 0.465 e. The Kier molecular flexibility index (Phi) is 8.49. The number of aliphatic hydroxyl groups excluding tert-OH is 1. The van der Waals surface area contributed by atoms with Gasteiger partial charge in [-0.15, -0.1) is 13.2 Å². The van der Waals surface area contributed by atoms with Gasteiger partial charge in [0.05, 0.1) is 37.2 Å². The number of likely N-dealkylation sites (tertiary alicyclic amines) is 1. The van der Waals surface area contributed by atoms with Crippen molar-refractivity contribution >= 4 is 39.4 Å². The van der Waals surface area contributed by atoms with Crippen LogP contribution in [-0.2, 0) is 23.9 Å². The molecule has 38 heavy (non-hydrogen) atoms. The summed E-state index contributed by atoms with van der Waals surface area (Å²) in [4.78, 5) is 45.0. The first-order valence-electron chi connectivity index (χ1n) is 13.2. The molecule has 3 aliphatic heterocycles. The quantitative estimate of drug-likeness (QED) is 0.184. The van der Waals surface area contributed by atoms with Gasteiger partial charge >= 0.3 is 5.97 Å². The zero-order valence-corrected chi connectivity index (χ0v) is 23.9. The summed E-state index contributed by atoms with van der Waals surface area (Å²) in [6, 6.07) is 4.19. The zero-order valence-electron chi connectivity index (χ0n) is 22.3. The Hall–Kier alpha value is -2.49. The second-order valence-electron chi connectivity index (χ2n) is 10.4. The number of alkyl halides is 1. The summed E-state index contributed by atoms with van der Waals surface area (Å²) in [7, 11) is 0. The van der Waals surface area contributed by atoms with Crippen LogP contribution >= 0.6 is 15.9 Å². The minimum atomic E-state index is -1.23. The van der Waals surface area contributed by atoms with Gasteiger partial charge in [-0.05, 0) is 44.2 Å². The highest BCUT2D eigenvalue weighted by atomic mass is 79.9. The number of benzene rings is 1. The molecule has 2 bridgehead atoms. The standard InChI is InChI=1S/C29H37BrN2O6/c1-6-9-14-37-28(36)21-22-26(34)32(19(8-3)16-33)25(29(22)15-20(30)24(21)38-29)27(35)31(13-7-2)23-17(4)11-10-12-18(23)5/h6-7,10-12,19-22,24-25,33H,1-2,8-9,13-16H2,3-5H3/t19-,20?,21+,22-,24+,25?,29?/m0/s1. The van der Waals surface area contributed by atoms with E-state index in [0.717, 1.165) is 16.8 Å². The summed E-state index contributed by atoms with van der Waals surface area (Å²) in [5.41, 5.74) is 1.36. The number of carbonyl (C=O) groups excluding carboxylic acids is 3. The second kappa shape index (κ2) is 11.3. The van der Waals surface area contributed by atoms with Crippen LogP contribution in [0.5, 0.6) is 0 Å². The van der Waals surface area contributed by atoms with E-state index in [-0.39, 0.29) is 36.4 Å². The fourth-order valence-electron chi connectivity index (χ4n) is 6.56. The van der Waals surface area contributed by atoms with E-state index < -0.39 is 41.6 Å². The Labute approximate surface area is 232 Å². The van der Waals surface area contributed by atoms with Crippen LogP contribution in [0.2, 0.25) is 0 Å². The van der Waals surface area contributed by atoms with Crippen LogP contribution in [0.4, 0.5) is 5.69 Å². The highest BCUT2D eigenvalue weighted by molar-refractivity contribution is 9.09. The highest BCUT2D eigenvalue weighted by Crippen LogP contribution is 2.61. The van der Waals surface area contributed by atoms with Crippen molar-refractivity contribution in [1.29, 1.82) is 0 Å². The van der Waals surface area contributed by atoms with Crippen LogP contribution < -0.4 is 4.90 Å². The fourth-order valence-corrected chi connectivity index (χ4v) is 7.50. The molecule has 3 fully saturated rings. The van der Waals surface area contributed by atoms with E-state index in [1.165, 1.54) is 4.90 Å². The third-order valence-corrected chi connectivity index (χ3v) is 9.01. The number of carbonyl (C=O) groups is 3. The van der Waals surface area contributed by atoms with E-state index in [2.05, 4.69) is 29.1 Å². The number of hydrogen-bond acceptors (Lipinski definition) is 6. The molecule has 1 aromatic carbocycles. The summed E-state index contributed by atoms with van der Waals surface area (Å²) >= 11 is 3.67. The Morgan fingerprint density at radius 1 is 1.32 bits per heavy atom. The molecule has 3 heterocycles. The SMILES string of the molecule is C=CCCOC(=O)[C@H]1[C@@H]2OC3(CC2Br)C(C(=O)N(CC=C)c2c(C)cccc2C)N([C@@H](CC)CO)C(=O)[C@H]13. The van der Waals surface area contributed by atoms with Crippen molar-refractivity contribution in [2.45, 2.75) is 68.6 Å². The maximum atomic E-state index is 14.6. The number of ether oxygens (including phenoxy) is 2. The lowest BCUT2D eigenvalue weighted by molar-refractivity contribution is -0.155. The minimum Gasteiger partial charge on any atom is -0.465 e. The third kappa shape index (κ3) is 4.42. The number of aliphatic hydroxyl groups is 1. The summed E-state index contributed by atoms with van der Waals surface area (Å²) < 4.78 is 12.1. The lowest BCUT2D eigenvalue weighted by Crippen LogP contribution is -2.59. The van der Waals surface area contributed by atoms with E-state index in [1.807, 2.05) is 39.0 Å². The number of fused-ring (bicyclic) bond motifs is 1. The molecule has 3 unspecified atom stereocenters. The van der Waals surface area contributed by atoms with Crippen molar-refractivity contribution in [2.75, 3.05) is 24.7 Å². The Morgan fingerprint density at radius 3 is 2.58 bits per heavy atom. The van der Waals surface area contributed by atoms with E-state index >= 15 is 0 Å². The van der Waals surface area contributed by atoms with Crippen LogP contribution in [-0.4, -0.2) is 76.2 Å². The molecule has 0 saturated carbocycles. The molecule has 3 saturated heterocycles. The molecule has 206 valence electrons. The topological polar surface area (TPSA) is 96.4 Å². The number of aryl methyl sites for hydroxylation is 2. The van der Waals surface area contributed by atoms with Gasteiger partial charge in [-0.25, -0.2) is 0 Å². The van der Waals surface area contributed by atoms with E-state index in [9.17, 15) is 19.5 Å². The first kappa shape index (κ1) is 28.5. The van der Waals surface area contributed by atoms with Crippen molar-refractivity contribution in [3.05, 3.63) is 54.6 Å². The van der Waals surface area contributed by atoms with Crippen LogP contribution in [0, 0.1) is 25.7 Å². The van der Waals surface area contributed by atoms with Crippen LogP contribution in [0.15, 0.2) is 43.5 Å². The molecule has 0 aliphatic carbocycles. The highest BCUT2D eigenvalue weighted by Gasteiger charge is 2.77. The third-order valence-electron chi connectivity index (χ3n) is 8.16. The van der Waals surface area contributed by atoms with E-state index in [0.29, 0.717) is 19.3 Å². The van der Waals surface area contributed by atoms with Crippen molar-refractivity contribution in [1.82, 2.24) is 4.90 Å². The normalized spacial score (nSPS) is 30.2. The van der Waals surface area contributed by atoms with Gasteiger partial charge in [-0.1, -0.05) is 53.2 Å². The molecule has 7 atom stereocenters.